The van der Waals surface area contributed by atoms with Gasteiger partial charge in [0.2, 0.25) is 0 Å². The van der Waals surface area contributed by atoms with Crippen molar-refractivity contribution in [1.82, 2.24) is 0 Å². The van der Waals surface area contributed by atoms with Crippen LogP contribution in [0.15, 0.2) is 148 Å². The zero-order valence-corrected chi connectivity index (χ0v) is 25.5. The summed E-state index contributed by atoms with van der Waals surface area (Å²) < 4.78 is 1.18. The van der Waals surface area contributed by atoms with E-state index in [-0.39, 0.29) is 0 Å². The molecule has 0 fully saturated rings. The van der Waals surface area contributed by atoms with Gasteiger partial charge in [-0.15, -0.1) is 0 Å². The molecule has 0 saturated carbocycles. The van der Waals surface area contributed by atoms with Gasteiger partial charge in [-0.1, -0.05) is 152 Å². The fourth-order valence-electron chi connectivity index (χ4n) is 5.43. The molecule has 0 amide bonds. The average molecular weight is 670 g/mol. The van der Waals surface area contributed by atoms with Crippen LogP contribution in [0.1, 0.15) is 27.8 Å². The number of rotatable bonds is 4. The van der Waals surface area contributed by atoms with Gasteiger partial charge >= 0.3 is 0 Å². The number of halogens is 2. The van der Waals surface area contributed by atoms with Crippen molar-refractivity contribution in [2.45, 2.75) is 8.95 Å². The number of hydrogen-bond acceptors (Lipinski definition) is 4. The first-order chi connectivity index (χ1) is 19.1. The summed E-state index contributed by atoms with van der Waals surface area (Å²) in [5.41, 5.74) is 7.24. The van der Waals surface area contributed by atoms with E-state index in [1.54, 1.807) is 0 Å². The second-order valence-corrected chi connectivity index (χ2v) is 14.1. The fraction of sp³-hybridized carbons (Fsp3) is 0.0606. The van der Waals surface area contributed by atoms with Crippen LogP contribution in [0.5, 0.6) is 0 Å². The highest BCUT2D eigenvalue weighted by atomic mass is 79.9. The van der Waals surface area contributed by atoms with E-state index in [1.807, 2.05) is 23.5 Å². The smallest absolute Gasteiger partial charge is 0.187 e. The van der Waals surface area contributed by atoms with E-state index in [0.29, 0.717) is 0 Å². The molecule has 2 nitrogen and oxygen atoms in total. The van der Waals surface area contributed by atoms with Crippen molar-refractivity contribution < 1.29 is 0 Å². The van der Waals surface area contributed by atoms with Crippen LogP contribution in [-0.4, -0.2) is 5.04 Å². The molecule has 5 aromatic carbocycles. The Labute approximate surface area is 253 Å². The zero-order valence-electron chi connectivity index (χ0n) is 20.7. The molecule has 39 heavy (non-hydrogen) atoms. The third-order valence-electron chi connectivity index (χ3n) is 7.17. The third kappa shape index (κ3) is 4.12. The third-order valence-corrected chi connectivity index (χ3v) is 11.6. The average Bonchev–Trinajstić information content (AvgIpc) is 3.52. The van der Waals surface area contributed by atoms with Gasteiger partial charge in [0.15, 0.2) is 4.20 Å². The summed E-state index contributed by atoms with van der Waals surface area (Å²) in [6.07, 6.45) is 0. The first kappa shape index (κ1) is 25.2. The summed E-state index contributed by atoms with van der Waals surface area (Å²) in [6.45, 7) is 0. The molecule has 0 aliphatic carbocycles. The van der Waals surface area contributed by atoms with E-state index >= 15 is 0 Å². The van der Waals surface area contributed by atoms with Gasteiger partial charge in [0.05, 0.1) is 10.4 Å². The summed E-state index contributed by atoms with van der Waals surface area (Å²) in [4.78, 5) is 0. The Balaban J connectivity index is 1.50. The van der Waals surface area contributed by atoms with Crippen LogP contribution in [0.2, 0.25) is 0 Å². The Hall–Kier alpha value is -2.77. The van der Waals surface area contributed by atoms with Crippen molar-refractivity contribution in [3.63, 3.8) is 0 Å². The van der Waals surface area contributed by atoms with Gasteiger partial charge in [0.1, 0.15) is 5.04 Å². The molecule has 0 N–H and O–H groups in total. The number of nitrogens with zero attached hydrogens (tertiary/aromatic N) is 2. The maximum atomic E-state index is 5.32. The highest BCUT2D eigenvalue weighted by molar-refractivity contribution is 9.10. The SMILES string of the molecule is Brc1ccc(C2(c3ccc(Br)cc3)S[C@@]3(SC(c4ccccc4)=NN3c3ccccc3)c3ccccc32)cc1. The summed E-state index contributed by atoms with van der Waals surface area (Å²) in [7, 11) is 0. The predicted molar refractivity (Wildman–Crippen MR) is 173 cm³/mol. The van der Waals surface area contributed by atoms with Gasteiger partial charge in [-0.3, -0.25) is 0 Å². The molecular formula is C33H22Br2N2S2. The molecule has 0 bridgehead atoms. The molecular weight excluding hydrogens is 648 g/mol. The van der Waals surface area contributed by atoms with Crippen molar-refractivity contribution in [3.8, 4) is 0 Å². The largest absolute Gasteiger partial charge is 0.233 e. The molecule has 2 aliphatic rings. The first-order valence-electron chi connectivity index (χ1n) is 12.6. The van der Waals surface area contributed by atoms with E-state index in [9.17, 15) is 0 Å². The molecule has 7 rings (SSSR count). The van der Waals surface area contributed by atoms with Gasteiger partial charge in [-0.25, -0.2) is 5.01 Å². The minimum Gasteiger partial charge on any atom is -0.233 e. The van der Waals surface area contributed by atoms with Crippen molar-refractivity contribution in [2.24, 2.45) is 5.10 Å². The summed E-state index contributed by atoms with van der Waals surface area (Å²) in [6, 6.07) is 47.6. The zero-order chi connectivity index (χ0) is 26.5. The molecule has 0 radical (unpaired) electrons. The van der Waals surface area contributed by atoms with Crippen LogP contribution in [-0.2, 0) is 8.95 Å². The number of benzene rings is 5. The number of para-hydroxylation sites is 1. The van der Waals surface area contributed by atoms with Crippen molar-refractivity contribution in [2.75, 3.05) is 5.01 Å². The van der Waals surface area contributed by atoms with Crippen LogP contribution in [0, 0.1) is 0 Å². The van der Waals surface area contributed by atoms with E-state index in [2.05, 4.69) is 170 Å². The molecule has 1 spiro atoms. The maximum Gasteiger partial charge on any atom is 0.187 e. The van der Waals surface area contributed by atoms with Gasteiger partial charge < -0.3 is 0 Å². The quantitative estimate of drug-likeness (QED) is 0.189. The summed E-state index contributed by atoms with van der Waals surface area (Å²) in [5.74, 6) is 0. The Kier molecular flexibility index (Phi) is 6.47. The molecule has 2 aliphatic heterocycles. The van der Waals surface area contributed by atoms with Gasteiger partial charge in [0, 0.05) is 20.1 Å². The molecule has 1 atom stereocenters. The lowest BCUT2D eigenvalue weighted by atomic mass is 9.82. The Morgan fingerprint density at radius 1 is 0.564 bits per heavy atom. The van der Waals surface area contributed by atoms with Crippen LogP contribution in [0.25, 0.3) is 0 Å². The normalized spacial score (nSPS) is 19.2. The number of thioether (sulfide) groups is 2. The highest BCUT2D eigenvalue weighted by Gasteiger charge is 2.61. The first-order valence-corrected chi connectivity index (χ1v) is 15.8. The number of fused-ring (bicyclic) bond motifs is 2. The summed E-state index contributed by atoms with van der Waals surface area (Å²) in [5, 5.41) is 8.58. The maximum absolute atomic E-state index is 5.32. The van der Waals surface area contributed by atoms with Crippen molar-refractivity contribution in [3.05, 3.63) is 170 Å². The van der Waals surface area contributed by atoms with Gasteiger partial charge in [0.25, 0.3) is 0 Å². The molecule has 0 unspecified atom stereocenters. The topological polar surface area (TPSA) is 15.6 Å². The molecule has 5 aromatic rings. The van der Waals surface area contributed by atoms with Crippen LogP contribution >= 0.6 is 55.4 Å². The van der Waals surface area contributed by atoms with E-state index in [4.69, 9.17) is 5.10 Å². The van der Waals surface area contributed by atoms with Crippen molar-refractivity contribution >= 4 is 66.1 Å². The van der Waals surface area contributed by atoms with Crippen LogP contribution in [0.3, 0.4) is 0 Å². The van der Waals surface area contributed by atoms with E-state index in [0.717, 1.165) is 25.2 Å². The van der Waals surface area contributed by atoms with Crippen LogP contribution < -0.4 is 5.01 Å². The highest BCUT2D eigenvalue weighted by Crippen LogP contribution is 2.71. The Morgan fingerprint density at radius 2 is 1.08 bits per heavy atom. The standard InChI is InChI=1S/C33H22Br2N2S2/c34-26-19-15-24(16-20-26)32(25-17-21-27(35)22-18-25)29-13-7-8-14-30(29)33(39-32)37(28-11-5-2-6-12-28)36-31(38-33)23-9-3-1-4-10-23/h1-22H/t33-/m0/s1. The lowest BCUT2D eigenvalue weighted by Crippen LogP contribution is -2.33. The second kappa shape index (κ2) is 10.0. The van der Waals surface area contributed by atoms with E-state index < -0.39 is 8.95 Å². The second-order valence-electron chi connectivity index (χ2n) is 9.45. The van der Waals surface area contributed by atoms with Crippen LogP contribution in [0.4, 0.5) is 5.69 Å². The Morgan fingerprint density at radius 3 is 1.67 bits per heavy atom. The Bertz CT molecular complexity index is 1630. The molecule has 190 valence electrons. The molecule has 0 aromatic heterocycles. The molecule has 6 heteroatoms. The van der Waals surface area contributed by atoms with Gasteiger partial charge in [-0.2, -0.15) is 5.10 Å². The number of hydrogen-bond donors (Lipinski definition) is 0. The summed E-state index contributed by atoms with van der Waals surface area (Å²) >= 11 is 11.1. The predicted octanol–water partition coefficient (Wildman–Crippen LogP) is 9.98. The monoisotopic (exact) mass is 668 g/mol. The van der Waals surface area contributed by atoms with E-state index in [1.165, 1.54) is 22.3 Å². The lowest BCUT2D eigenvalue weighted by Gasteiger charge is -2.37. The molecule has 0 saturated heterocycles. The van der Waals surface area contributed by atoms with Crippen molar-refractivity contribution in [1.29, 1.82) is 0 Å². The number of anilines is 1. The molecule has 2 heterocycles. The minimum absolute atomic E-state index is 0.445. The number of hydrazone groups is 1. The fourth-order valence-corrected chi connectivity index (χ4v) is 9.62. The minimum atomic E-state index is -0.511. The van der Waals surface area contributed by atoms with Gasteiger partial charge in [-0.05, 0) is 53.1 Å². The lowest BCUT2D eigenvalue weighted by molar-refractivity contribution is 0.806.